The van der Waals surface area contributed by atoms with E-state index in [9.17, 15) is 9.59 Å². The number of nitrogens with zero attached hydrogens (tertiary/aromatic N) is 5. The van der Waals surface area contributed by atoms with E-state index in [-0.39, 0.29) is 11.8 Å². The van der Waals surface area contributed by atoms with Crippen LogP contribution in [0.25, 0.3) is 5.69 Å². The summed E-state index contributed by atoms with van der Waals surface area (Å²) >= 11 is 0. The lowest BCUT2D eigenvalue weighted by Gasteiger charge is -2.35. The molecule has 0 radical (unpaired) electrons. The fraction of sp³-hybridized carbons (Fsp3) is 0.368. The number of benzene rings is 1. The van der Waals surface area contributed by atoms with Crippen LogP contribution in [0.5, 0.6) is 0 Å². The smallest absolute Gasteiger partial charge is 0.254 e. The Morgan fingerprint density at radius 3 is 2.44 bits per heavy atom. The highest BCUT2D eigenvalue weighted by Crippen LogP contribution is 2.30. The van der Waals surface area contributed by atoms with Crippen LogP contribution in [0.4, 0.5) is 0 Å². The van der Waals surface area contributed by atoms with Gasteiger partial charge in [0.15, 0.2) is 0 Å². The van der Waals surface area contributed by atoms with Gasteiger partial charge in [-0.15, -0.1) is 0 Å². The Morgan fingerprint density at radius 1 is 1.19 bits per heavy atom. The highest BCUT2D eigenvalue weighted by molar-refractivity contribution is 6.07. The molecule has 2 aromatic rings. The van der Waals surface area contributed by atoms with Crippen molar-refractivity contribution in [3.05, 3.63) is 48.5 Å². The number of imidazole rings is 1. The molecule has 0 saturated carbocycles. The Kier molecular flexibility index (Phi) is 4.18. The molecule has 2 amide bonds. The van der Waals surface area contributed by atoms with Crippen molar-refractivity contribution in [2.75, 3.05) is 27.2 Å². The lowest BCUT2D eigenvalue weighted by Crippen LogP contribution is -2.50. The van der Waals surface area contributed by atoms with Crippen molar-refractivity contribution < 1.29 is 9.59 Å². The van der Waals surface area contributed by atoms with E-state index in [1.54, 1.807) is 22.3 Å². The minimum Gasteiger partial charge on any atom is -0.349 e. The van der Waals surface area contributed by atoms with Gasteiger partial charge >= 0.3 is 0 Å². The van der Waals surface area contributed by atoms with E-state index in [0.29, 0.717) is 37.5 Å². The number of rotatable bonds is 2. The first-order valence-corrected chi connectivity index (χ1v) is 8.95. The average molecular weight is 366 g/mol. The molecule has 1 aromatic carbocycles. The largest absolute Gasteiger partial charge is 0.349 e. The Bertz CT molecular complexity index is 877. The van der Waals surface area contributed by atoms with E-state index < -0.39 is 5.54 Å². The predicted molar refractivity (Wildman–Crippen MR) is 101 cm³/mol. The molecule has 0 aliphatic carbocycles. The number of guanidine groups is 1. The van der Waals surface area contributed by atoms with Crippen molar-refractivity contribution in [2.24, 2.45) is 4.99 Å². The first-order valence-electron chi connectivity index (χ1n) is 8.95. The topological polar surface area (TPSA) is 82.8 Å². The van der Waals surface area contributed by atoms with Gasteiger partial charge < -0.3 is 14.4 Å². The monoisotopic (exact) mass is 366 g/mol. The summed E-state index contributed by atoms with van der Waals surface area (Å²) in [5, 5.41) is 2.84. The van der Waals surface area contributed by atoms with Crippen LogP contribution in [0.3, 0.4) is 0 Å². The molecule has 1 fully saturated rings. The van der Waals surface area contributed by atoms with Crippen molar-refractivity contribution in [3.8, 4) is 5.69 Å². The van der Waals surface area contributed by atoms with Gasteiger partial charge in [-0.05, 0) is 37.1 Å². The second-order valence-corrected chi connectivity index (χ2v) is 7.12. The van der Waals surface area contributed by atoms with Crippen LogP contribution in [-0.2, 0) is 4.79 Å². The minimum absolute atomic E-state index is 0.0164. The van der Waals surface area contributed by atoms with Gasteiger partial charge in [-0.1, -0.05) is 0 Å². The average Bonchev–Trinajstić information content (AvgIpc) is 3.32. The zero-order chi connectivity index (χ0) is 19.0. The number of likely N-dealkylation sites (tertiary alicyclic amines) is 1. The molecular weight excluding hydrogens is 344 g/mol. The molecule has 8 heteroatoms. The maximum Gasteiger partial charge on any atom is 0.254 e. The minimum atomic E-state index is -0.734. The Morgan fingerprint density at radius 2 is 1.89 bits per heavy atom. The molecule has 0 unspecified atom stereocenters. The molecule has 8 nitrogen and oxygen atoms in total. The molecule has 27 heavy (non-hydrogen) atoms. The van der Waals surface area contributed by atoms with E-state index in [0.717, 1.165) is 5.69 Å². The summed E-state index contributed by atoms with van der Waals surface area (Å²) in [6.45, 7) is 1.03. The summed E-state index contributed by atoms with van der Waals surface area (Å²) in [5.74, 6) is 0.509. The fourth-order valence-electron chi connectivity index (χ4n) is 3.50. The van der Waals surface area contributed by atoms with E-state index in [2.05, 4.69) is 15.3 Å². The van der Waals surface area contributed by atoms with Crippen molar-refractivity contribution in [1.29, 1.82) is 0 Å². The van der Waals surface area contributed by atoms with Crippen LogP contribution in [0.2, 0.25) is 0 Å². The summed E-state index contributed by atoms with van der Waals surface area (Å²) in [5.41, 5.74) is 0.861. The highest BCUT2D eigenvalue weighted by atomic mass is 16.2. The Balaban J connectivity index is 1.44. The third kappa shape index (κ3) is 3.07. The lowest BCUT2D eigenvalue weighted by molar-refractivity contribution is -0.125. The molecular formula is C19H22N6O2. The third-order valence-electron chi connectivity index (χ3n) is 5.19. The van der Waals surface area contributed by atoms with E-state index in [4.69, 9.17) is 0 Å². The maximum atomic E-state index is 12.8. The summed E-state index contributed by atoms with van der Waals surface area (Å²) < 4.78 is 1.89. The van der Waals surface area contributed by atoms with Gasteiger partial charge in [-0.2, -0.15) is 0 Å². The second kappa shape index (κ2) is 6.53. The van der Waals surface area contributed by atoms with E-state index in [1.807, 2.05) is 49.1 Å². The Labute approximate surface area is 157 Å². The van der Waals surface area contributed by atoms with Gasteiger partial charge in [0.1, 0.15) is 5.54 Å². The van der Waals surface area contributed by atoms with Gasteiger partial charge in [-0.3, -0.25) is 14.9 Å². The van der Waals surface area contributed by atoms with Gasteiger partial charge in [0.05, 0.1) is 6.33 Å². The molecule has 4 rings (SSSR count). The van der Waals surface area contributed by atoms with Gasteiger partial charge in [0.2, 0.25) is 5.96 Å². The molecule has 1 saturated heterocycles. The molecule has 0 atom stereocenters. The number of hydrogen-bond acceptors (Lipinski definition) is 5. The van der Waals surface area contributed by atoms with E-state index in [1.165, 1.54) is 0 Å². The van der Waals surface area contributed by atoms with Crippen LogP contribution < -0.4 is 5.32 Å². The van der Waals surface area contributed by atoms with E-state index >= 15 is 0 Å². The summed E-state index contributed by atoms with van der Waals surface area (Å²) in [7, 11) is 3.70. The third-order valence-corrected chi connectivity index (χ3v) is 5.19. The number of amides is 2. The summed E-state index contributed by atoms with van der Waals surface area (Å²) in [4.78, 5) is 37.4. The number of aromatic nitrogens is 2. The lowest BCUT2D eigenvalue weighted by atomic mass is 9.88. The number of carbonyl (C=O) groups excluding carboxylic acids is 2. The van der Waals surface area contributed by atoms with Crippen LogP contribution in [0, 0.1) is 0 Å². The molecule has 0 bridgehead atoms. The number of piperidine rings is 1. The van der Waals surface area contributed by atoms with Crippen LogP contribution in [0.15, 0.2) is 48.0 Å². The highest BCUT2D eigenvalue weighted by Gasteiger charge is 2.46. The van der Waals surface area contributed by atoms with Crippen LogP contribution in [0.1, 0.15) is 23.2 Å². The van der Waals surface area contributed by atoms with Crippen LogP contribution >= 0.6 is 0 Å². The zero-order valence-corrected chi connectivity index (χ0v) is 15.4. The zero-order valence-electron chi connectivity index (χ0n) is 15.4. The quantitative estimate of drug-likeness (QED) is 0.856. The maximum absolute atomic E-state index is 12.8. The molecule has 1 aromatic heterocycles. The molecule has 2 aliphatic rings. The number of nitrogens with one attached hydrogen (secondary N) is 1. The van der Waals surface area contributed by atoms with Gasteiger partial charge in [0.25, 0.3) is 11.8 Å². The summed E-state index contributed by atoms with van der Waals surface area (Å²) in [6, 6.07) is 7.45. The molecule has 1 N–H and O–H groups in total. The van der Waals surface area contributed by atoms with Gasteiger partial charge in [0, 0.05) is 50.8 Å². The SMILES string of the molecule is CN(C)C1=NC2(CCN(C(=O)c3ccc(-n4ccnc4)cc3)CC2)C(=O)N1. The number of hydrogen-bond donors (Lipinski definition) is 1. The van der Waals surface area contributed by atoms with Crippen molar-refractivity contribution >= 4 is 17.8 Å². The van der Waals surface area contributed by atoms with Gasteiger partial charge in [-0.25, -0.2) is 9.98 Å². The second-order valence-electron chi connectivity index (χ2n) is 7.12. The molecule has 3 heterocycles. The van der Waals surface area contributed by atoms with Crippen molar-refractivity contribution in [3.63, 3.8) is 0 Å². The number of aliphatic imine (C=N–C) groups is 1. The van der Waals surface area contributed by atoms with Crippen LogP contribution in [-0.4, -0.2) is 69.8 Å². The summed E-state index contributed by atoms with van der Waals surface area (Å²) in [6.07, 6.45) is 6.36. The molecule has 140 valence electrons. The molecule has 2 aliphatic heterocycles. The Hall–Kier alpha value is -3.16. The number of carbonyl (C=O) groups is 2. The van der Waals surface area contributed by atoms with Crippen molar-refractivity contribution in [2.45, 2.75) is 18.4 Å². The fourth-order valence-corrected chi connectivity index (χ4v) is 3.50. The standard InChI is InChI=1S/C19H22N6O2/c1-23(2)18-21-17(27)19(22-18)7-10-24(11-8-19)16(26)14-3-5-15(6-4-14)25-12-9-20-13-25/h3-6,9,12-13H,7-8,10-11H2,1-2H3,(H,21,22,27). The molecule has 1 spiro atoms. The first-order chi connectivity index (χ1) is 13.0. The predicted octanol–water partition coefficient (Wildman–Crippen LogP) is 0.894. The normalized spacial score (nSPS) is 18.4. The van der Waals surface area contributed by atoms with Crippen molar-refractivity contribution in [1.82, 2.24) is 24.7 Å². The first kappa shape index (κ1) is 17.3.